The molecule has 0 saturated heterocycles. The molecule has 5 heteroatoms. The van der Waals surface area contributed by atoms with Crippen LogP contribution in [0.15, 0.2) is 35.6 Å². The van der Waals surface area contributed by atoms with Crippen LogP contribution < -0.4 is 11.5 Å². The molecule has 3 rings (SSSR count). The van der Waals surface area contributed by atoms with Gasteiger partial charge in [-0.15, -0.1) is 0 Å². The molecule has 2 aromatic rings. The first kappa shape index (κ1) is 10.7. The van der Waals surface area contributed by atoms with Crippen LogP contribution in [-0.2, 0) is 6.42 Å². The van der Waals surface area contributed by atoms with E-state index < -0.39 is 0 Å². The third kappa shape index (κ3) is 1.79. The van der Waals surface area contributed by atoms with Crippen molar-refractivity contribution >= 4 is 17.7 Å². The fourth-order valence-electron chi connectivity index (χ4n) is 2.07. The summed E-state index contributed by atoms with van der Waals surface area (Å²) >= 11 is 0. The maximum atomic E-state index is 5.79. The maximum Gasteiger partial charge on any atom is 0.135 e. The third-order valence-electron chi connectivity index (χ3n) is 3.09. The Morgan fingerprint density at radius 2 is 1.83 bits per heavy atom. The van der Waals surface area contributed by atoms with Crippen molar-refractivity contribution < 1.29 is 0 Å². The number of aliphatic imine (C=N–C) groups is 1. The predicted molar refractivity (Wildman–Crippen MR) is 71.3 cm³/mol. The van der Waals surface area contributed by atoms with Gasteiger partial charge in [-0.05, 0) is 17.7 Å². The summed E-state index contributed by atoms with van der Waals surface area (Å²) in [6.07, 6.45) is 3.99. The third-order valence-corrected chi connectivity index (χ3v) is 3.09. The van der Waals surface area contributed by atoms with Gasteiger partial charge in [-0.1, -0.05) is 12.1 Å². The monoisotopic (exact) mass is 239 g/mol. The van der Waals surface area contributed by atoms with Crippen LogP contribution in [0.25, 0.3) is 0 Å². The second-order valence-corrected chi connectivity index (χ2v) is 4.28. The van der Waals surface area contributed by atoms with Gasteiger partial charge < -0.3 is 11.5 Å². The molecule has 1 aromatic heterocycles. The lowest BCUT2D eigenvalue weighted by atomic mass is 9.97. The van der Waals surface area contributed by atoms with Crippen LogP contribution in [0.4, 0.5) is 11.5 Å². The first-order valence-corrected chi connectivity index (χ1v) is 5.72. The summed E-state index contributed by atoms with van der Waals surface area (Å²) in [6, 6.07) is 7.83. The van der Waals surface area contributed by atoms with Gasteiger partial charge in [-0.25, -0.2) is 9.97 Å². The minimum Gasteiger partial charge on any atom is -0.399 e. The topological polar surface area (TPSA) is 90.2 Å². The summed E-state index contributed by atoms with van der Waals surface area (Å²) in [4.78, 5) is 12.7. The Bertz CT molecular complexity index is 603. The largest absolute Gasteiger partial charge is 0.399 e. The fraction of sp³-hybridized carbons (Fsp3) is 0.154. The van der Waals surface area contributed by atoms with Crippen molar-refractivity contribution in [1.82, 2.24) is 9.97 Å². The van der Waals surface area contributed by atoms with Crippen molar-refractivity contribution in [2.75, 3.05) is 11.5 Å². The van der Waals surface area contributed by atoms with Crippen molar-refractivity contribution in [3.63, 3.8) is 0 Å². The van der Waals surface area contributed by atoms with Gasteiger partial charge in [0, 0.05) is 18.3 Å². The van der Waals surface area contributed by atoms with E-state index in [-0.39, 0.29) is 6.04 Å². The Labute approximate surface area is 105 Å². The first-order valence-electron chi connectivity index (χ1n) is 5.72. The summed E-state index contributed by atoms with van der Waals surface area (Å²) in [7, 11) is 0. The van der Waals surface area contributed by atoms with Crippen molar-refractivity contribution in [1.29, 1.82) is 0 Å². The highest BCUT2D eigenvalue weighted by molar-refractivity contribution is 5.88. The second-order valence-electron chi connectivity index (χ2n) is 4.28. The highest BCUT2D eigenvalue weighted by Gasteiger charge is 2.19. The fourth-order valence-corrected chi connectivity index (χ4v) is 2.07. The number of anilines is 2. The lowest BCUT2D eigenvalue weighted by Crippen LogP contribution is -2.13. The average molecular weight is 239 g/mol. The maximum absolute atomic E-state index is 5.79. The minimum atomic E-state index is 0.0763. The molecule has 1 atom stereocenters. The molecule has 0 radical (unpaired) electrons. The lowest BCUT2D eigenvalue weighted by molar-refractivity contribution is 0.698. The molecular formula is C13H13N5. The van der Waals surface area contributed by atoms with Crippen LogP contribution in [0, 0.1) is 0 Å². The van der Waals surface area contributed by atoms with Gasteiger partial charge >= 0.3 is 0 Å². The molecule has 18 heavy (non-hydrogen) atoms. The smallest absolute Gasteiger partial charge is 0.135 e. The van der Waals surface area contributed by atoms with E-state index >= 15 is 0 Å². The van der Waals surface area contributed by atoms with E-state index in [0.29, 0.717) is 5.82 Å². The van der Waals surface area contributed by atoms with Crippen LogP contribution in [0.5, 0.6) is 0 Å². The summed E-state index contributed by atoms with van der Waals surface area (Å²) in [5.41, 5.74) is 15.1. The SMILES string of the molecule is Nc1ccc(C2Cc3ncnc(N)c3C=N2)cc1. The van der Waals surface area contributed by atoms with Gasteiger partial charge in [0.05, 0.1) is 17.3 Å². The predicted octanol–water partition coefficient (Wildman–Crippen LogP) is 1.36. The summed E-state index contributed by atoms with van der Waals surface area (Å²) in [5.74, 6) is 0.486. The van der Waals surface area contributed by atoms with Gasteiger partial charge in [-0.3, -0.25) is 4.99 Å². The highest BCUT2D eigenvalue weighted by Crippen LogP contribution is 2.28. The number of rotatable bonds is 1. The number of hydrogen-bond donors (Lipinski definition) is 2. The van der Waals surface area contributed by atoms with E-state index in [1.807, 2.05) is 24.3 Å². The van der Waals surface area contributed by atoms with E-state index in [1.165, 1.54) is 6.33 Å². The number of nitrogen functional groups attached to an aromatic ring is 2. The number of benzene rings is 1. The van der Waals surface area contributed by atoms with Crippen LogP contribution in [0.1, 0.15) is 22.9 Å². The zero-order chi connectivity index (χ0) is 12.5. The van der Waals surface area contributed by atoms with Crippen LogP contribution >= 0.6 is 0 Å². The Balaban J connectivity index is 1.94. The van der Waals surface area contributed by atoms with Crippen molar-refractivity contribution in [2.24, 2.45) is 4.99 Å². The molecule has 0 fully saturated rings. The molecule has 0 bridgehead atoms. The molecule has 1 aromatic carbocycles. The van der Waals surface area contributed by atoms with Gasteiger partial charge in [0.2, 0.25) is 0 Å². The van der Waals surface area contributed by atoms with Gasteiger partial charge in [-0.2, -0.15) is 0 Å². The molecule has 4 N–H and O–H groups in total. The van der Waals surface area contributed by atoms with E-state index in [2.05, 4.69) is 15.0 Å². The number of aromatic nitrogens is 2. The molecule has 90 valence electrons. The number of nitrogens with zero attached hydrogens (tertiary/aromatic N) is 3. The molecule has 0 spiro atoms. The van der Waals surface area contributed by atoms with Crippen LogP contribution in [-0.4, -0.2) is 16.2 Å². The second kappa shape index (κ2) is 4.10. The normalized spacial score (nSPS) is 17.4. The summed E-state index contributed by atoms with van der Waals surface area (Å²) < 4.78 is 0. The van der Waals surface area contributed by atoms with Crippen LogP contribution in [0.2, 0.25) is 0 Å². The molecule has 1 aliphatic heterocycles. The molecule has 0 amide bonds. The first-order chi connectivity index (χ1) is 8.74. The van der Waals surface area contributed by atoms with E-state index in [9.17, 15) is 0 Å². The average Bonchev–Trinajstić information content (AvgIpc) is 2.39. The summed E-state index contributed by atoms with van der Waals surface area (Å²) in [6.45, 7) is 0. The Kier molecular flexibility index (Phi) is 2.44. The molecule has 0 saturated carbocycles. The molecule has 5 nitrogen and oxygen atoms in total. The van der Waals surface area contributed by atoms with Crippen LogP contribution in [0.3, 0.4) is 0 Å². The van der Waals surface area contributed by atoms with E-state index in [4.69, 9.17) is 11.5 Å². The molecule has 2 heterocycles. The number of fused-ring (bicyclic) bond motifs is 1. The standard InChI is InChI=1S/C13H13N5/c14-9-3-1-8(2-4-9)11-5-12-10(6-16-11)13(15)18-7-17-12/h1-4,6-7,11H,5,14H2,(H2,15,17,18). The van der Waals surface area contributed by atoms with E-state index in [0.717, 1.165) is 28.9 Å². The minimum absolute atomic E-state index is 0.0763. The quantitative estimate of drug-likeness (QED) is 0.735. The molecule has 0 aliphatic carbocycles. The zero-order valence-electron chi connectivity index (χ0n) is 9.74. The van der Waals surface area contributed by atoms with Gasteiger partial charge in [0.15, 0.2) is 0 Å². The Hall–Kier alpha value is -2.43. The van der Waals surface area contributed by atoms with Gasteiger partial charge in [0.25, 0.3) is 0 Å². The molecule has 1 unspecified atom stereocenters. The number of nitrogens with two attached hydrogens (primary N) is 2. The van der Waals surface area contributed by atoms with Crippen molar-refractivity contribution in [2.45, 2.75) is 12.5 Å². The zero-order valence-corrected chi connectivity index (χ0v) is 9.74. The van der Waals surface area contributed by atoms with Crippen molar-refractivity contribution in [3.8, 4) is 0 Å². The summed E-state index contributed by atoms with van der Waals surface area (Å²) in [5, 5.41) is 0. The Morgan fingerprint density at radius 3 is 2.61 bits per heavy atom. The van der Waals surface area contributed by atoms with Gasteiger partial charge in [0.1, 0.15) is 12.1 Å². The highest BCUT2D eigenvalue weighted by atomic mass is 14.9. The number of hydrogen-bond acceptors (Lipinski definition) is 5. The Morgan fingerprint density at radius 1 is 1.06 bits per heavy atom. The molecular weight excluding hydrogens is 226 g/mol. The van der Waals surface area contributed by atoms with E-state index in [1.54, 1.807) is 6.21 Å². The lowest BCUT2D eigenvalue weighted by Gasteiger charge is -2.18. The molecule has 1 aliphatic rings. The van der Waals surface area contributed by atoms with Crippen molar-refractivity contribution in [3.05, 3.63) is 47.4 Å².